The Hall–Kier alpha value is -1.92. The van der Waals surface area contributed by atoms with Gasteiger partial charge in [-0.05, 0) is 64.2 Å². The molecule has 0 bridgehead atoms. The highest BCUT2D eigenvalue weighted by atomic mass is 16.5. The number of carbonyl (C=O) groups excluding carboxylic acids is 2. The van der Waals surface area contributed by atoms with Crippen molar-refractivity contribution < 1.29 is 24.5 Å². The van der Waals surface area contributed by atoms with Gasteiger partial charge in [0.25, 0.3) is 0 Å². The monoisotopic (exact) mass is 1180 g/mol. The maximum Gasteiger partial charge on any atom is 0.305 e. The van der Waals surface area contributed by atoms with Gasteiger partial charge < -0.3 is 20.3 Å². The molecule has 1 amide bonds. The van der Waals surface area contributed by atoms with E-state index in [2.05, 4.69) is 43.5 Å². The van der Waals surface area contributed by atoms with Crippen LogP contribution in [0.2, 0.25) is 0 Å². The van der Waals surface area contributed by atoms with Crippen LogP contribution < -0.4 is 5.32 Å². The van der Waals surface area contributed by atoms with E-state index in [-0.39, 0.29) is 18.5 Å². The van der Waals surface area contributed by atoms with Gasteiger partial charge in [0.2, 0.25) is 5.91 Å². The predicted molar refractivity (Wildman–Crippen MR) is 370 cm³/mol. The largest absolute Gasteiger partial charge is 0.466 e. The Morgan fingerprint density at radius 1 is 0.333 bits per heavy atom. The number of ether oxygens (including phenoxy) is 1. The van der Waals surface area contributed by atoms with Gasteiger partial charge in [-0.3, -0.25) is 9.59 Å². The van der Waals surface area contributed by atoms with Crippen molar-refractivity contribution in [2.45, 2.75) is 437 Å². The number of allylic oxidation sites excluding steroid dienone is 5. The molecular formula is C78H149NO5. The van der Waals surface area contributed by atoms with Crippen molar-refractivity contribution in [3.63, 3.8) is 0 Å². The summed E-state index contributed by atoms with van der Waals surface area (Å²) in [6.45, 7) is 4.94. The summed E-state index contributed by atoms with van der Waals surface area (Å²) < 4.78 is 5.48. The maximum atomic E-state index is 12.5. The van der Waals surface area contributed by atoms with Crippen molar-refractivity contribution in [2.75, 3.05) is 13.2 Å². The summed E-state index contributed by atoms with van der Waals surface area (Å²) in [6, 6.07) is -0.627. The van der Waals surface area contributed by atoms with E-state index >= 15 is 0 Å². The highest BCUT2D eigenvalue weighted by Gasteiger charge is 2.18. The molecule has 0 fully saturated rings. The Kier molecular flexibility index (Phi) is 71.9. The third-order valence-corrected chi connectivity index (χ3v) is 17.9. The fourth-order valence-corrected chi connectivity index (χ4v) is 12.1. The summed E-state index contributed by atoms with van der Waals surface area (Å²) >= 11 is 0. The first-order valence-electron chi connectivity index (χ1n) is 38.3. The average molecular weight is 1180 g/mol. The molecule has 2 atom stereocenters. The topological polar surface area (TPSA) is 95.9 Å². The van der Waals surface area contributed by atoms with Crippen LogP contribution in [-0.2, 0) is 14.3 Å². The number of carbonyl (C=O) groups is 2. The van der Waals surface area contributed by atoms with Crippen molar-refractivity contribution in [1.82, 2.24) is 5.32 Å². The number of amides is 1. The van der Waals surface area contributed by atoms with Crippen molar-refractivity contribution in [1.29, 1.82) is 0 Å². The average Bonchev–Trinajstić information content (AvgIpc) is 3.50. The zero-order valence-corrected chi connectivity index (χ0v) is 56.9. The van der Waals surface area contributed by atoms with Gasteiger partial charge in [0, 0.05) is 12.8 Å². The molecule has 0 aromatic carbocycles. The summed E-state index contributed by atoms with van der Waals surface area (Å²) in [5.74, 6) is -0.0446. The summed E-state index contributed by atoms with van der Waals surface area (Å²) in [5, 5.41) is 23.3. The first kappa shape index (κ1) is 82.1. The molecule has 496 valence electrons. The fourth-order valence-electron chi connectivity index (χ4n) is 12.1. The number of aliphatic hydroxyl groups is 2. The highest BCUT2D eigenvalue weighted by Crippen LogP contribution is 2.19. The molecule has 0 heterocycles. The Bertz CT molecular complexity index is 1360. The second kappa shape index (κ2) is 73.5. The van der Waals surface area contributed by atoms with Gasteiger partial charge in [-0.1, -0.05) is 384 Å². The Labute approximate surface area is 525 Å². The molecule has 0 aromatic rings. The molecule has 84 heavy (non-hydrogen) atoms. The van der Waals surface area contributed by atoms with E-state index in [9.17, 15) is 19.8 Å². The number of aliphatic hydroxyl groups excluding tert-OH is 2. The van der Waals surface area contributed by atoms with Crippen LogP contribution in [-0.4, -0.2) is 47.4 Å². The highest BCUT2D eigenvalue weighted by molar-refractivity contribution is 5.76. The quantitative estimate of drug-likeness (QED) is 0.0320. The van der Waals surface area contributed by atoms with Gasteiger partial charge in [-0.15, -0.1) is 0 Å². The molecule has 0 aliphatic rings. The van der Waals surface area contributed by atoms with E-state index < -0.39 is 12.1 Å². The second-order valence-corrected chi connectivity index (χ2v) is 26.3. The second-order valence-electron chi connectivity index (χ2n) is 26.3. The van der Waals surface area contributed by atoms with Crippen LogP contribution in [0.3, 0.4) is 0 Å². The van der Waals surface area contributed by atoms with E-state index in [0.29, 0.717) is 19.4 Å². The molecule has 0 saturated heterocycles. The third kappa shape index (κ3) is 69.2. The first-order chi connectivity index (χ1) is 41.5. The van der Waals surface area contributed by atoms with Gasteiger partial charge in [-0.25, -0.2) is 0 Å². The number of hydrogen-bond acceptors (Lipinski definition) is 5. The minimum atomic E-state index is -0.844. The number of hydrogen-bond donors (Lipinski definition) is 3. The maximum absolute atomic E-state index is 12.5. The van der Waals surface area contributed by atoms with Crippen LogP contribution in [0.1, 0.15) is 425 Å². The van der Waals surface area contributed by atoms with Crippen LogP contribution in [0.5, 0.6) is 0 Å². The third-order valence-electron chi connectivity index (χ3n) is 17.9. The van der Waals surface area contributed by atoms with E-state index in [4.69, 9.17) is 4.74 Å². The number of rotatable bonds is 72. The zero-order chi connectivity index (χ0) is 60.6. The lowest BCUT2D eigenvalue weighted by Crippen LogP contribution is -2.45. The molecule has 6 heteroatoms. The minimum absolute atomic E-state index is 0.0168. The summed E-state index contributed by atoms with van der Waals surface area (Å²) in [5.41, 5.74) is 0. The normalized spacial score (nSPS) is 12.7. The molecule has 0 aliphatic carbocycles. The van der Waals surface area contributed by atoms with Gasteiger partial charge >= 0.3 is 5.97 Å². The van der Waals surface area contributed by atoms with Gasteiger partial charge in [-0.2, -0.15) is 0 Å². The minimum Gasteiger partial charge on any atom is -0.466 e. The van der Waals surface area contributed by atoms with E-state index in [1.165, 1.54) is 353 Å². The van der Waals surface area contributed by atoms with Crippen molar-refractivity contribution in [2.24, 2.45) is 0 Å². The van der Waals surface area contributed by atoms with Crippen molar-refractivity contribution in [3.8, 4) is 0 Å². The predicted octanol–water partition coefficient (Wildman–Crippen LogP) is 25.0. The Morgan fingerprint density at radius 3 is 0.905 bits per heavy atom. The van der Waals surface area contributed by atoms with Crippen LogP contribution in [0.25, 0.3) is 0 Å². The molecule has 0 rings (SSSR count). The Morgan fingerprint density at radius 2 is 0.595 bits per heavy atom. The molecule has 3 N–H and O–H groups in total. The van der Waals surface area contributed by atoms with Gasteiger partial charge in [0.05, 0.1) is 25.4 Å². The van der Waals surface area contributed by atoms with E-state index in [0.717, 1.165) is 44.9 Å². The molecular weight excluding hydrogens is 1030 g/mol. The van der Waals surface area contributed by atoms with Crippen molar-refractivity contribution >= 4 is 11.9 Å². The molecule has 6 nitrogen and oxygen atoms in total. The van der Waals surface area contributed by atoms with Crippen molar-refractivity contribution in [3.05, 3.63) is 36.5 Å². The number of esters is 1. The summed E-state index contributed by atoms with van der Waals surface area (Å²) in [7, 11) is 0. The van der Waals surface area contributed by atoms with Crippen LogP contribution in [0, 0.1) is 0 Å². The zero-order valence-electron chi connectivity index (χ0n) is 56.9. The summed E-state index contributed by atoms with van der Waals surface area (Å²) in [6.07, 6.45) is 95.4. The lowest BCUT2D eigenvalue weighted by atomic mass is 10.0. The Balaban J connectivity index is 3.40. The van der Waals surface area contributed by atoms with Gasteiger partial charge in [0.15, 0.2) is 0 Å². The molecule has 0 aliphatic heterocycles. The lowest BCUT2D eigenvalue weighted by molar-refractivity contribution is -0.143. The van der Waals surface area contributed by atoms with Crippen LogP contribution in [0.4, 0.5) is 0 Å². The molecule has 0 spiro atoms. The van der Waals surface area contributed by atoms with E-state index in [1.807, 2.05) is 6.08 Å². The van der Waals surface area contributed by atoms with E-state index in [1.54, 1.807) is 6.08 Å². The van der Waals surface area contributed by atoms with Crippen LogP contribution >= 0.6 is 0 Å². The standard InChI is InChI=1S/C78H149NO5/c1-3-5-7-9-11-13-15-16-17-18-19-35-38-41-44-47-51-54-58-62-66-70-76(81)75(74-80)79-77(82)71-67-63-59-55-52-48-45-42-39-36-33-31-29-27-25-23-21-20-22-24-26-28-30-32-34-37-40-43-46-49-53-57-61-65-69-73-84-78(83)72-68-64-60-56-50-14-12-10-8-6-4-2/h22,24,28,30,66,70,75-76,80-81H,3-21,23,25-27,29,31-65,67-69,71-74H2,1-2H3,(H,79,82)/b24-22-,30-28-,70-66+. The first-order valence-corrected chi connectivity index (χ1v) is 38.3. The van der Waals surface area contributed by atoms with Gasteiger partial charge in [0.1, 0.15) is 0 Å². The van der Waals surface area contributed by atoms with Crippen LogP contribution in [0.15, 0.2) is 36.5 Å². The molecule has 2 unspecified atom stereocenters. The molecule has 0 saturated carbocycles. The number of unbranched alkanes of at least 4 members (excludes halogenated alkanes) is 57. The molecule has 0 aromatic heterocycles. The lowest BCUT2D eigenvalue weighted by Gasteiger charge is -2.20. The smallest absolute Gasteiger partial charge is 0.305 e. The number of nitrogens with one attached hydrogen (secondary N) is 1. The fraction of sp³-hybridized carbons (Fsp3) is 0.897. The SMILES string of the molecule is CCCCCCCCCCCCCCCCCCCCC/C=C/C(O)C(CO)NC(=O)CCCCCCCCCCCCCCCCCCC/C=C\C/C=C\CCCCCCCCCCCCCOC(=O)CCCCCCCCCCCCC. The molecule has 0 radical (unpaired) electrons. The summed E-state index contributed by atoms with van der Waals surface area (Å²) in [4.78, 5) is 24.5.